The number of para-hydroxylation sites is 1. The molecule has 1 saturated heterocycles. The third-order valence-electron chi connectivity index (χ3n) is 5.36. The van der Waals surface area contributed by atoms with E-state index in [1.54, 1.807) is 24.5 Å². The molecule has 4 heterocycles. The maximum Gasteiger partial charge on any atom is 0.146 e. The summed E-state index contributed by atoms with van der Waals surface area (Å²) in [7, 11) is 1.87. The minimum atomic E-state index is -0.277. The van der Waals surface area contributed by atoms with E-state index in [-0.39, 0.29) is 5.82 Å². The van der Waals surface area contributed by atoms with E-state index in [1.807, 2.05) is 36.2 Å². The third-order valence-corrected chi connectivity index (χ3v) is 5.36. The molecule has 0 atom stereocenters. The molecule has 0 spiro atoms. The molecule has 0 bridgehead atoms. The summed E-state index contributed by atoms with van der Waals surface area (Å²) in [5.41, 5.74) is 3.59. The zero-order valence-electron chi connectivity index (χ0n) is 16.5. The van der Waals surface area contributed by atoms with Gasteiger partial charge in [0.2, 0.25) is 0 Å². The van der Waals surface area contributed by atoms with Crippen LogP contribution in [-0.4, -0.2) is 53.5 Å². The van der Waals surface area contributed by atoms with Crippen LogP contribution in [0.5, 0.6) is 0 Å². The Morgan fingerprint density at radius 2 is 1.90 bits per heavy atom. The second-order valence-corrected chi connectivity index (χ2v) is 7.14. The summed E-state index contributed by atoms with van der Waals surface area (Å²) in [6.45, 7) is 2.80. The summed E-state index contributed by atoms with van der Waals surface area (Å²) in [5.74, 6) is 0.540. The monoisotopic (exact) mass is 404 g/mol. The fourth-order valence-electron chi connectivity index (χ4n) is 3.79. The van der Waals surface area contributed by atoms with Gasteiger partial charge in [-0.05, 0) is 24.3 Å². The van der Waals surface area contributed by atoms with Crippen LogP contribution in [0.3, 0.4) is 0 Å². The average molecular weight is 404 g/mol. The van der Waals surface area contributed by atoms with Crippen LogP contribution in [0.15, 0.2) is 54.9 Å². The average Bonchev–Trinajstić information content (AvgIpc) is 3.33. The highest BCUT2D eigenvalue weighted by molar-refractivity contribution is 6.01. The number of H-pyrrole nitrogens is 1. The van der Waals surface area contributed by atoms with Crippen molar-refractivity contribution in [2.75, 3.05) is 43.2 Å². The first-order valence-corrected chi connectivity index (χ1v) is 9.83. The van der Waals surface area contributed by atoms with Gasteiger partial charge in [0.1, 0.15) is 22.8 Å². The van der Waals surface area contributed by atoms with Crippen LogP contribution in [0, 0.1) is 5.82 Å². The summed E-state index contributed by atoms with van der Waals surface area (Å²) in [6, 6.07) is 12.6. The normalized spacial score (nSPS) is 14.3. The number of hydrogen-bond acceptors (Lipinski definition) is 6. The molecule has 0 radical (unpaired) electrons. The Morgan fingerprint density at radius 1 is 1.07 bits per heavy atom. The predicted molar refractivity (Wildman–Crippen MR) is 115 cm³/mol. The lowest BCUT2D eigenvalue weighted by atomic mass is 10.1. The Hall–Kier alpha value is -3.52. The Kier molecular flexibility index (Phi) is 4.76. The van der Waals surface area contributed by atoms with Crippen molar-refractivity contribution in [1.82, 2.24) is 20.2 Å². The molecule has 3 aromatic heterocycles. The van der Waals surface area contributed by atoms with Crippen molar-refractivity contribution in [3.05, 3.63) is 60.7 Å². The molecular formula is C22H21FN6O. The molecule has 8 heteroatoms. The summed E-state index contributed by atoms with van der Waals surface area (Å²) in [5, 5.41) is 7.92. The van der Waals surface area contributed by atoms with Crippen LogP contribution in [0.1, 0.15) is 0 Å². The van der Waals surface area contributed by atoms with Crippen LogP contribution in [-0.2, 0) is 4.74 Å². The number of rotatable bonds is 4. The molecule has 1 aliphatic heterocycles. The number of benzene rings is 1. The molecule has 7 nitrogen and oxygen atoms in total. The molecule has 0 amide bonds. The standard InChI is InChI=1S/C22H21FN6O/c1-28(18-5-3-2-4-16(18)23)19-14-20(29-10-12-30-13-11-29)26-21-15(19)6-8-24-22(21)17-7-9-25-27-17/h2-9,14H,10-13H2,1H3,(H,25,27). The van der Waals surface area contributed by atoms with Crippen LogP contribution in [0.4, 0.5) is 21.6 Å². The topological polar surface area (TPSA) is 70.2 Å². The second kappa shape index (κ2) is 7.72. The van der Waals surface area contributed by atoms with Crippen LogP contribution in [0.25, 0.3) is 22.3 Å². The van der Waals surface area contributed by atoms with Gasteiger partial charge < -0.3 is 14.5 Å². The zero-order valence-corrected chi connectivity index (χ0v) is 16.5. The van der Waals surface area contributed by atoms with Crippen molar-refractivity contribution in [3.8, 4) is 11.4 Å². The van der Waals surface area contributed by atoms with Crippen molar-refractivity contribution in [2.24, 2.45) is 0 Å². The number of ether oxygens (including phenoxy) is 1. The number of fused-ring (bicyclic) bond motifs is 1. The van der Waals surface area contributed by atoms with Gasteiger partial charge in [-0.15, -0.1) is 0 Å². The van der Waals surface area contributed by atoms with Gasteiger partial charge in [-0.3, -0.25) is 10.1 Å². The fraction of sp³-hybridized carbons (Fsp3) is 0.227. The smallest absolute Gasteiger partial charge is 0.146 e. The highest BCUT2D eigenvalue weighted by Gasteiger charge is 2.21. The lowest BCUT2D eigenvalue weighted by molar-refractivity contribution is 0.122. The molecular weight excluding hydrogens is 383 g/mol. The Bertz CT molecular complexity index is 1170. The summed E-state index contributed by atoms with van der Waals surface area (Å²) >= 11 is 0. The number of aromatic amines is 1. The van der Waals surface area contributed by atoms with Crippen molar-refractivity contribution >= 4 is 28.1 Å². The first kappa shape index (κ1) is 18.5. The van der Waals surface area contributed by atoms with E-state index in [9.17, 15) is 4.39 Å². The predicted octanol–water partition coefficient (Wildman–Crippen LogP) is 3.76. The molecule has 5 rings (SSSR count). The SMILES string of the molecule is CN(c1ccccc1F)c1cc(N2CCOCC2)nc2c(-c3ccn[nH]3)nccc12. The van der Waals surface area contributed by atoms with E-state index in [2.05, 4.69) is 20.1 Å². The van der Waals surface area contributed by atoms with E-state index >= 15 is 0 Å². The molecule has 0 aliphatic carbocycles. The first-order chi connectivity index (χ1) is 14.7. The van der Waals surface area contributed by atoms with Gasteiger partial charge in [0, 0.05) is 44.0 Å². The number of hydrogen-bond donors (Lipinski definition) is 1. The maximum atomic E-state index is 14.6. The third kappa shape index (κ3) is 3.25. The minimum absolute atomic E-state index is 0.277. The van der Waals surface area contributed by atoms with Crippen molar-refractivity contribution < 1.29 is 9.13 Å². The second-order valence-electron chi connectivity index (χ2n) is 7.14. The minimum Gasteiger partial charge on any atom is -0.378 e. The molecule has 1 N–H and O–H groups in total. The number of nitrogens with zero attached hydrogens (tertiary/aromatic N) is 5. The van der Waals surface area contributed by atoms with Gasteiger partial charge >= 0.3 is 0 Å². The number of pyridine rings is 2. The Morgan fingerprint density at radius 3 is 2.67 bits per heavy atom. The number of halogens is 1. The van der Waals surface area contributed by atoms with E-state index in [0.717, 1.165) is 41.2 Å². The van der Waals surface area contributed by atoms with Crippen molar-refractivity contribution in [2.45, 2.75) is 0 Å². The van der Waals surface area contributed by atoms with Gasteiger partial charge in [0.05, 0.1) is 30.3 Å². The van der Waals surface area contributed by atoms with Gasteiger partial charge in [-0.25, -0.2) is 9.37 Å². The van der Waals surface area contributed by atoms with Gasteiger partial charge in [0.15, 0.2) is 0 Å². The quantitative estimate of drug-likeness (QED) is 0.559. The Labute approximate surface area is 173 Å². The van der Waals surface area contributed by atoms with E-state index in [1.165, 1.54) is 6.07 Å². The first-order valence-electron chi connectivity index (χ1n) is 9.83. The summed E-state index contributed by atoms with van der Waals surface area (Å²) in [6.07, 6.45) is 3.43. The highest BCUT2D eigenvalue weighted by atomic mass is 19.1. The maximum absolute atomic E-state index is 14.6. The number of anilines is 3. The summed E-state index contributed by atoms with van der Waals surface area (Å²) < 4.78 is 20.1. The largest absolute Gasteiger partial charge is 0.378 e. The van der Waals surface area contributed by atoms with Crippen LogP contribution < -0.4 is 9.80 Å². The van der Waals surface area contributed by atoms with E-state index in [0.29, 0.717) is 24.6 Å². The van der Waals surface area contributed by atoms with Gasteiger partial charge in [-0.2, -0.15) is 5.10 Å². The van der Waals surface area contributed by atoms with Crippen molar-refractivity contribution in [1.29, 1.82) is 0 Å². The number of aromatic nitrogens is 4. The van der Waals surface area contributed by atoms with Gasteiger partial charge in [0.25, 0.3) is 0 Å². The molecule has 0 saturated carbocycles. The zero-order chi connectivity index (χ0) is 20.5. The lowest BCUT2D eigenvalue weighted by Gasteiger charge is -2.30. The molecule has 1 aromatic carbocycles. The molecule has 4 aromatic rings. The van der Waals surface area contributed by atoms with Crippen LogP contribution in [0.2, 0.25) is 0 Å². The fourth-order valence-corrected chi connectivity index (χ4v) is 3.79. The molecule has 0 unspecified atom stereocenters. The van der Waals surface area contributed by atoms with E-state index < -0.39 is 0 Å². The Balaban J connectivity index is 1.74. The molecule has 30 heavy (non-hydrogen) atoms. The number of morpholine rings is 1. The molecule has 152 valence electrons. The lowest BCUT2D eigenvalue weighted by Crippen LogP contribution is -2.36. The number of nitrogens with one attached hydrogen (secondary N) is 1. The van der Waals surface area contributed by atoms with Crippen LogP contribution >= 0.6 is 0 Å². The summed E-state index contributed by atoms with van der Waals surface area (Å²) in [4.78, 5) is 13.6. The highest BCUT2D eigenvalue weighted by Crippen LogP contribution is 2.37. The van der Waals surface area contributed by atoms with Gasteiger partial charge in [-0.1, -0.05) is 12.1 Å². The molecule has 1 fully saturated rings. The van der Waals surface area contributed by atoms with E-state index in [4.69, 9.17) is 9.72 Å². The van der Waals surface area contributed by atoms with Crippen molar-refractivity contribution in [3.63, 3.8) is 0 Å². The molecule has 1 aliphatic rings.